The summed E-state index contributed by atoms with van der Waals surface area (Å²) in [6, 6.07) is 13.2. The minimum absolute atomic E-state index is 0.224. The number of aromatic nitrogens is 2. The number of hydrogen-bond donors (Lipinski definition) is 1. The van der Waals surface area contributed by atoms with E-state index < -0.39 is 0 Å². The molecule has 0 spiro atoms. The molecule has 0 atom stereocenters. The van der Waals surface area contributed by atoms with Crippen LogP contribution in [0.2, 0.25) is 0 Å². The molecule has 2 heterocycles. The number of aryl methyl sites for hydroxylation is 1. The Labute approximate surface area is 141 Å². The average molecular weight is 323 g/mol. The maximum Gasteiger partial charge on any atom is 0.275 e. The van der Waals surface area contributed by atoms with Gasteiger partial charge in [0.25, 0.3) is 5.91 Å². The summed E-state index contributed by atoms with van der Waals surface area (Å²) in [7, 11) is 0. The Hall–Kier alpha value is -2.82. The van der Waals surface area contributed by atoms with E-state index in [0.717, 1.165) is 35.6 Å². The maximum atomic E-state index is 12.4. The number of amides is 1. The zero-order chi connectivity index (χ0) is 16.9. The van der Waals surface area contributed by atoms with E-state index >= 15 is 0 Å². The van der Waals surface area contributed by atoms with Crippen LogP contribution in [-0.4, -0.2) is 21.9 Å². The predicted octanol–water partition coefficient (Wildman–Crippen LogP) is 4.07. The van der Waals surface area contributed by atoms with E-state index in [-0.39, 0.29) is 5.91 Å². The average Bonchev–Trinajstić information content (AvgIpc) is 3.03. The summed E-state index contributed by atoms with van der Waals surface area (Å²) in [5.41, 5.74) is 2.91. The number of carbonyl (C=O) groups excluding carboxylic acids is 1. The van der Waals surface area contributed by atoms with Gasteiger partial charge in [0, 0.05) is 17.6 Å². The van der Waals surface area contributed by atoms with Gasteiger partial charge in [-0.1, -0.05) is 19.4 Å². The number of nitrogens with zero attached hydrogens (tertiary/aromatic N) is 2. The second-order valence-corrected chi connectivity index (χ2v) is 5.70. The number of hydrogen-bond acceptors (Lipinski definition) is 3. The molecule has 0 saturated heterocycles. The minimum atomic E-state index is -0.224. The third-order valence-electron chi connectivity index (χ3n) is 3.81. The highest BCUT2D eigenvalue weighted by molar-refractivity contribution is 6.03. The smallest absolute Gasteiger partial charge is 0.275 e. The van der Waals surface area contributed by atoms with Crippen LogP contribution in [0.15, 0.2) is 48.7 Å². The van der Waals surface area contributed by atoms with E-state index in [9.17, 15) is 4.79 Å². The molecule has 1 amide bonds. The molecule has 5 heteroatoms. The fraction of sp³-hybridized carbons (Fsp3) is 0.263. The lowest BCUT2D eigenvalue weighted by molar-refractivity contribution is 0.102. The van der Waals surface area contributed by atoms with Gasteiger partial charge in [0.2, 0.25) is 0 Å². The first-order valence-electron chi connectivity index (χ1n) is 8.16. The number of ether oxygens (including phenoxy) is 1. The van der Waals surface area contributed by atoms with Gasteiger partial charge in [0.05, 0.1) is 6.61 Å². The highest BCUT2D eigenvalue weighted by Gasteiger charge is 2.11. The lowest BCUT2D eigenvalue weighted by Gasteiger charge is -2.07. The summed E-state index contributed by atoms with van der Waals surface area (Å²) in [4.78, 5) is 16.7. The zero-order valence-electron chi connectivity index (χ0n) is 14.0. The molecule has 3 rings (SSSR count). The van der Waals surface area contributed by atoms with Gasteiger partial charge in [0.1, 0.15) is 17.1 Å². The van der Waals surface area contributed by atoms with Crippen LogP contribution in [0.4, 0.5) is 5.69 Å². The Bertz CT molecular complexity index is 837. The predicted molar refractivity (Wildman–Crippen MR) is 94.7 cm³/mol. The second kappa shape index (κ2) is 7.17. The van der Waals surface area contributed by atoms with E-state index in [2.05, 4.69) is 17.2 Å². The minimum Gasteiger partial charge on any atom is -0.494 e. The van der Waals surface area contributed by atoms with Gasteiger partial charge in [-0.05, 0) is 49.7 Å². The van der Waals surface area contributed by atoms with Gasteiger partial charge < -0.3 is 14.5 Å². The Morgan fingerprint density at radius 3 is 2.71 bits per heavy atom. The first-order chi connectivity index (χ1) is 11.7. The van der Waals surface area contributed by atoms with Crippen molar-refractivity contribution in [1.82, 2.24) is 9.38 Å². The van der Waals surface area contributed by atoms with Crippen LogP contribution in [-0.2, 0) is 0 Å². The molecule has 3 aromatic rings. The normalized spacial score (nSPS) is 10.8. The van der Waals surface area contributed by atoms with Crippen LogP contribution < -0.4 is 10.1 Å². The molecule has 24 heavy (non-hydrogen) atoms. The molecule has 0 unspecified atom stereocenters. The standard InChI is InChI=1S/C19H21N3O2/c1-3-4-12-24-16-10-8-15(9-11-16)20-19(23)17-13-22-14(2)6-5-7-18(22)21-17/h5-11,13H,3-4,12H2,1-2H3,(H,20,23). The molecule has 0 aliphatic carbocycles. The monoisotopic (exact) mass is 323 g/mol. The molecule has 0 fully saturated rings. The van der Waals surface area contributed by atoms with Gasteiger partial charge in [-0.2, -0.15) is 0 Å². The molecule has 1 N–H and O–H groups in total. The Kier molecular flexibility index (Phi) is 4.79. The third kappa shape index (κ3) is 3.56. The summed E-state index contributed by atoms with van der Waals surface area (Å²) in [6.45, 7) is 4.82. The molecule has 2 aromatic heterocycles. The van der Waals surface area contributed by atoms with Crippen LogP contribution >= 0.6 is 0 Å². The molecule has 0 aliphatic heterocycles. The number of pyridine rings is 1. The quantitative estimate of drug-likeness (QED) is 0.696. The van der Waals surface area contributed by atoms with Crippen LogP contribution in [0, 0.1) is 6.92 Å². The summed E-state index contributed by atoms with van der Waals surface area (Å²) in [6.07, 6.45) is 3.89. The first kappa shape index (κ1) is 16.1. The largest absolute Gasteiger partial charge is 0.494 e. The van der Waals surface area contributed by atoms with Crippen molar-refractivity contribution in [3.05, 3.63) is 60.0 Å². The number of benzene rings is 1. The van der Waals surface area contributed by atoms with E-state index in [1.807, 2.05) is 53.8 Å². The lowest BCUT2D eigenvalue weighted by Crippen LogP contribution is -2.12. The van der Waals surface area contributed by atoms with Gasteiger partial charge in [-0.15, -0.1) is 0 Å². The Balaban J connectivity index is 1.68. The summed E-state index contributed by atoms with van der Waals surface area (Å²) in [5, 5.41) is 2.86. The molecule has 0 saturated carbocycles. The number of anilines is 1. The number of nitrogens with one attached hydrogen (secondary N) is 1. The molecular formula is C19H21N3O2. The van der Waals surface area contributed by atoms with Crippen molar-refractivity contribution in [2.24, 2.45) is 0 Å². The highest BCUT2D eigenvalue weighted by Crippen LogP contribution is 2.17. The van der Waals surface area contributed by atoms with Crippen LogP contribution in [0.1, 0.15) is 35.9 Å². The van der Waals surface area contributed by atoms with Crippen molar-refractivity contribution in [3.63, 3.8) is 0 Å². The number of carbonyl (C=O) groups is 1. The third-order valence-corrected chi connectivity index (χ3v) is 3.81. The van der Waals surface area contributed by atoms with Gasteiger partial charge in [-0.25, -0.2) is 4.98 Å². The number of fused-ring (bicyclic) bond motifs is 1. The maximum absolute atomic E-state index is 12.4. The fourth-order valence-electron chi connectivity index (χ4n) is 2.42. The summed E-state index contributed by atoms with van der Waals surface area (Å²) >= 11 is 0. The topological polar surface area (TPSA) is 55.6 Å². The molecule has 0 aliphatic rings. The van der Waals surface area contributed by atoms with Crippen molar-refractivity contribution in [3.8, 4) is 5.75 Å². The summed E-state index contributed by atoms with van der Waals surface area (Å²) in [5.74, 6) is 0.586. The number of unbranched alkanes of at least 4 members (excludes halogenated alkanes) is 1. The van der Waals surface area contributed by atoms with Crippen LogP contribution in [0.25, 0.3) is 5.65 Å². The molecule has 0 radical (unpaired) electrons. The lowest BCUT2D eigenvalue weighted by atomic mass is 10.3. The van der Waals surface area contributed by atoms with E-state index in [0.29, 0.717) is 12.3 Å². The van der Waals surface area contributed by atoms with Crippen molar-refractivity contribution in [2.45, 2.75) is 26.7 Å². The molecule has 5 nitrogen and oxygen atoms in total. The van der Waals surface area contributed by atoms with Gasteiger partial charge in [0.15, 0.2) is 0 Å². The van der Waals surface area contributed by atoms with Crippen molar-refractivity contribution < 1.29 is 9.53 Å². The van der Waals surface area contributed by atoms with Crippen molar-refractivity contribution in [2.75, 3.05) is 11.9 Å². The first-order valence-corrected chi connectivity index (χ1v) is 8.16. The molecular weight excluding hydrogens is 302 g/mol. The molecule has 124 valence electrons. The Morgan fingerprint density at radius 1 is 1.21 bits per heavy atom. The second-order valence-electron chi connectivity index (χ2n) is 5.70. The van der Waals surface area contributed by atoms with Crippen molar-refractivity contribution in [1.29, 1.82) is 0 Å². The molecule has 1 aromatic carbocycles. The van der Waals surface area contributed by atoms with E-state index in [1.165, 1.54) is 0 Å². The van der Waals surface area contributed by atoms with Crippen molar-refractivity contribution >= 4 is 17.2 Å². The van der Waals surface area contributed by atoms with Crippen LogP contribution in [0.5, 0.6) is 5.75 Å². The van der Waals surface area contributed by atoms with E-state index in [4.69, 9.17) is 4.74 Å². The van der Waals surface area contributed by atoms with Gasteiger partial charge >= 0.3 is 0 Å². The summed E-state index contributed by atoms with van der Waals surface area (Å²) < 4.78 is 7.52. The SMILES string of the molecule is CCCCOc1ccc(NC(=O)c2cn3c(C)cccc3n2)cc1. The number of rotatable bonds is 6. The van der Waals surface area contributed by atoms with Gasteiger partial charge in [-0.3, -0.25) is 4.79 Å². The fourth-order valence-corrected chi connectivity index (χ4v) is 2.42. The Morgan fingerprint density at radius 2 is 2.00 bits per heavy atom. The number of imidazole rings is 1. The van der Waals surface area contributed by atoms with Crippen LogP contribution in [0.3, 0.4) is 0 Å². The zero-order valence-corrected chi connectivity index (χ0v) is 14.0. The van der Waals surface area contributed by atoms with E-state index in [1.54, 1.807) is 6.20 Å². The highest BCUT2D eigenvalue weighted by atomic mass is 16.5. The molecule has 0 bridgehead atoms.